The van der Waals surface area contributed by atoms with Crippen molar-refractivity contribution in [1.29, 1.82) is 0 Å². The van der Waals surface area contributed by atoms with Gasteiger partial charge in [0.15, 0.2) is 0 Å². The van der Waals surface area contributed by atoms with Gasteiger partial charge < -0.3 is 10.1 Å². The summed E-state index contributed by atoms with van der Waals surface area (Å²) >= 11 is 0. The summed E-state index contributed by atoms with van der Waals surface area (Å²) in [6.07, 6.45) is 0.412. The summed E-state index contributed by atoms with van der Waals surface area (Å²) in [4.78, 5) is 11.3. The first-order valence-electron chi connectivity index (χ1n) is 6.17. The van der Waals surface area contributed by atoms with Gasteiger partial charge in [0.2, 0.25) is 5.91 Å². The van der Waals surface area contributed by atoms with E-state index in [1.54, 1.807) is 14.2 Å². The predicted octanol–water partition coefficient (Wildman–Crippen LogP) is 2.65. The fourth-order valence-electron chi connectivity index (χ4n) is 1.89. The van der Waals surface area contributed by atoms with Crippen LogP contribution < -0.4 is 10.1 Å². The Balaban J connectivity index is 2.19. The largest absolute Gasteiger partial charge is 0.497 e. The van der Waals surface area contributed by atoms with E-state index in [1.165, 1.54) is 0 Å². The highest BCUT2D eigenvalue weighted by atomic mass is 16.5. The third-order valence-corrected chi connectivity index (χ3v) is 3.00. The molecule has 0 saturated carbocycles. The van der Waals surface area contributed by atoms with E-state index in [0.717, 1.165) is 22.4 Å². The lowest BCUT2D eigenvalue weighted by molar-refractivity contribution is -0.119. The fraction of sp³-hybridized carbons (Fsp3) is 0.188. The Morgan fingerprint density at radius 3 is 2.47 bits per heavy atom. The Morgan fingerprint density at radius 2 is 1.84 bits per heavy atom. The van der Waals surface area contributed by atoms with Gasteiger partial charge in [0.25, 0.3) is 0 Å². The normalized spacial score (nSPS) is 10.0. The molecule has 2 aromatic rings. The summed E-state index contributed by atoms with van der Waals surface area (Å²) < 4.78 is 5.21. The molecule has 2 rings (SSSR count). The lowest BCUT2D eigenvalue weighted by Crippen LogP contribution is -2.19. The Morgan fingerprint density at radius 1 is 1.11 bits per heavy atom. The van der Waals surface area contributed by atoms with Crippen LogP contribution in [0.5, 0.6) is 5.75 Å². The minimum atomic E-state index is 0.0223. The highest BCUT2D eigenvalue weighted by Crippen LogP contribution is 2.24. The van der Waals surface area contributed by atoms with Crippen molar-refractivity contribution >= 4 is 5.91 Å². The monoisotopic (exact) mass is 255 g/mol. The highest BCUT2D eigenvalue weighted by Gasteiger charge is 2.03. The average Bonchev–Trinajstić information content (AvgIpc) is 2.48. The van der Waals surface area contributed by atoms with Gasteiger partial charge in [-0.15, -0.1) is 0 Å². The van der Waals surface area contributed by atoms with E-state index in [4.69, 9.17) is 4.74 Å². The molecule has 0 saturated heterocycles. The van der Waals surface area contributed by atoms with Crippen molar-refractivity contribution in [2.45, 2.75) is 6.42 Å². The number of nitrogens with one attached hydrogen (secondary N) is 1. The molecule has 0 radical (unpaired) electrons. The second-order valence-corrected chi connectivity index (χ2v) is 4.28. The average molecular weight is 255 g/mol. The van der Waals surface area contributed by atoms with E-state index in [0.29, 0.717) is 6.42 Å². The molecular weight excluding hydrogens is 238 g/mol. The third kappa shape index (κ3) is 3.35. The lowest BCUT2D eigenvalue weighted by Gasteiger charge is -2.06. The summed E-state index contributed by atoms with van der Waals surface area (Å²) in [5.74, 6) is 0.862. The maximum atomic E-state index is 11.3. The Kier molecular flexibility index (Phi) is 4.18. The quantitative estimate of drug-likeness (QED) is 0.912. The van der Waals surface area contributed by atoms with Crippen molar-refractivity contribution in [1.82, 2.24) is 5.32 Å². The van der Waals surface area contributed by atoms with Crippen molar-refractivity contribution in [3.8, 4) is 16.9 Å². The van der Waals surface area contributed by atoms with Gasteiger partial charge in [-0.2, -0.15) is 0 Å². The molecule has 0 unspecified atom stereocenters. The lowest BCUT2D eigenvalue weighted by atomic mass is 10.0. The maximum absolute atomic E-state index is 11.3. The van der Waals surface area contributed by atoms with E-state index in [9.17, 15) is 4.79 Å². The van der Waals surface area contributed by atoms with Gasteiger partial charge in [0.1, 0.15) is 5.75 Å². The van der Waals surface area contributed by atoms with Crippen LogP contribution in [0.3, 0.4) is 0 Å². The van der Waals surface area contributed by atoms with Crippen LogP contribution in [0.25, 0.3) is 11.1 Å². The molecule has 0 fully saturated rings. The first kappa shape index (κ1) is 13.1. The number of benzene rings is 2. The molecule has 0 aliphatic heterocycles. The fourth-order valence-corrected chi connectivity index (χ4v) is 1.89. The number of methoxy groups -OCH3 is 1. The topological polar surface area (TPSA) is 38.3 Å². The summed E-state index contributed by atoms with van der Waals surface area (Å²) in [6, 6.07) is 15.9. The molecule has 0 heterocycles. The van der Waals surface area contributed by atoms with Crippen LogP contribution in [0.1, 0.15) is 5.56 Å². The molecule has 0 aliphatic carbocycles. The molecule has 19 heavy (non-hydrogen) atoms. The molecule has 1 N–H and O–H groups in total. The maximum Gasteiger partial charge on any atom is 0.224 e. The molecule has 3 heteroatoms. The minimum Gasteiger partial charge on any atom is -0.497 e. The van der Waals surface area contributed by atoms with Crippen LogP contribution >= 0.6 is 0 Å². The first-order chi connectivity index (χ1) is 9.22. The van der Waals surface area contributed by atoms with Crippen LogP contribution in [0, 0.1) is 0 Å². The van der Waals surface area contributed by atoms with Gasteiger partial charge in [-0.25, -0.2) is 0 Å². The standard InChI is InChI=1S/C16H17NO2/c1-17-16(18)10-12-6-8-13(9-7-12)14-4-3-5-15(11-14)19-2/h3-9,11H,10H2,1-2H3,(H,17,18). The Bertz CT molecular complexity index is 561. The minimum absolute atomic E-state index is 0.0223. The van der Waals surface area contributed by atoms with E-state index in [2.05, 4.69) is 5.32 Å². The van der Waals surface area contributed by atoms with Crippen molar-refractivity contribution in [2.24, 2.45) is 0 Å². The van der Waals surface area contributed by atoms with Crippen LogP contribution in [0.2, 0.25) is 0 Å². The van der Waals surface area contributed by atoms with E-state index in [-0.39, 0.29) is 5.91 Å². The van der Waals surface area contributed by atoms with E-state index in [1.807, 2.05) is 48.5 Å². The van der Waals surface area contributed by atoms with Gasteiger partial charge in [-0.05, 0) is 28.8 Å². The van der Waals surface area contributed by atoms with E-state index < -0.39 is 0 Å². The van der Waals surface area contributed by atoms with Crippen LogP contribution in [0.4, 0.5) is 0 Å². The van der Waals surface area contributed by atoms with Gasteiger partial charge in [-0.1, -0.05) is 36.4 Å². The summed E-state index contributed by atoms with van der Waals surface area (Å²) in [7, 11) is 3.30. The molecule has 0 aliphatic rings. The molecule has 0 spiro atoms. The third-order valence-electron chi connectivity index (χ3n) is 3.00. The van der Waals surface area contributed by atoms with Gasteiger partial charge in [-0.3, -0.25) is 4.79 Å². The van der Waals surface area contributed by atoms with Crippen molar-refractivity contribution in [2.75, 3.05) is 14.2 Å². The number of carbonyl (C=O) groups excluding carboxylic acids is 1. The first-order valence-corrected chi connectivity index (χ1v) is 6.17. The summed E-state index contributed by atoms with van der Waals surface area (Å²) in [5.41, 5.74) is 3.22. The molecule has 2 aromatic carbocycles. The van der Waals surface area contributed by atoms with Gasteiger partial charge in [0.05, 0.1) is 13.5 Å². The summed E-state index contributed by atoms with van der Waals surface area (Å²) in [6.45, 7) is 0. The van der Waals surface area contributed by atoms with Crippen molar-refractivity contribution in [3.63, 3.8) is 0 Å². The smallest absolute Gasteiger partial charge is 0.224 e. The molecule has 98 valence electrons. The zero-order valence-electron chi connectivity index (χ0n) is 11.1. The number of ether oxygens (including phenoxy) is 1. The van der Waals surface area contributed by atoms with Crippen molar-refractivity contribution < 1.29 is 9.53 Å². The zero-order valence-corrected chi connectivity index (χ0v) is 11.1. The second-order valence-electron chi connectivity index (χ2n) is 4.28. The highest BCUT2D eigenvalue weighted by molar-refractivity contribution is 5.78. The molecule has 0 aromatic heterocycles. The SMILES string of the molecule is CNC(=O)Cc1ccc(-c2cccc(OC)c2)cc1. The second kappa shape index (κ2) is 6.05. The van der Waals surface area contributed by atoms with E-state index >= 15 is 0 Å². The Labute approximate surface area is 113 Å². The molecular formula is C16H17NO2. The number of rotatable bonds is 4. The number of amides is 1. The zero-order chi connectivity index (χ0) is 13.7. The van der Waals surface area contributed by atoms with Crippen LogP contribution in [0.15, 0.2) is 48.5 Å². The van der Waals surface area contributed by atoms with Crippen molar-refractivity contribution in [3.05, 3.63) is 54.1 Å². The number of carbonyl (C=O) groups is 1. The molecule has 1 amide bonds. The van der Waals surface area contributed by atoms with Gasteiger partial charge in [0, 0.05) is 7.05 Å². The number of hydrogen-bond acceptors (Lipinski definition) is 2. The van der Waals surface area contributed by atoms with Crippen LogP contribution in [-0.2, 0) is 11.2 Å². The number of likely N-dealkylation sites (N-methyl/N-ethyl adjacent to an activating group) is 1. The molecule has 0 atom stereocenters. The molecule has 0 bridgehead atoms. The summed E-state index contributed by atoms with van der Waals surface area (Å²) in [5, 5.41) is 2.62. The Hall–Kier alpha value is -2.29. The predicted molar refractivity (Wildman–Crippen MR) is 76.2 cm³/mol. The van der Waals surface area contributed by atoms with Crippen LogP contribution in [-0.4, -0.2) is 20.1 Å². The molecule has 3 nitrogen and oxygen atoms in total. The number of hydrogen-bond donors (Lipinski definition) is 1. The van der Waals surface area contributed by atoms with Gasteiger partial charge >= 0.3 is 0 Å².